The van der Waals surface area contributed by atoms with Crippen molar-refractivity contribution in [1.29, 1.82) is 0 Å². The first-order chi connectivity index (χ1) is 11.9. The van der Waals surface area contributed by atoms with E-state index in [-0.39, 0.29) is 16.8 Å². The number of rotatable bonds is 3. The first-order valence-electron chi connectivity index (χ1n) is 7.18. The lowest BCUT2D eigenvalue weighted by Crippen LogP contribution is -2.24. The number of hydrogen-bond acceptors (Lipinski definition) is 4. The van der Waals surface area contributed by atoms with E-state index in [1.807, 2.05) is 0 Å². The predicted molar refractivity (Wildman–Crippen MR) is 85.4 cm³/mol. The van der Waals surface area contributed by atoms with E-state index in [1.165, 1.54) is 38.6 Å². The summed E-state index contributed by atoms with van der Waals surface area (Å²) in [5, 5.41) is 4.41. The van der Waals surface area contributed by atoms with Gasteiger partial charge in [-0.15, -0.1) is 0 Å². The van der Waals surface area contributed by atoms with E-state index < -0.39 is 17.3 Å². The minimum absolute atomic E-state index is 0.0915. The van der Waals surface area contributed by atoms with Crippen molar-refractivity contribution in [3.05, 3.63) is 58.5 Å². The number of benzene rings is 2. The SMILES string of the molecule is COc1ccc2cnn(-c3ccccc3C(F)(F)F)c(=O)c2c1OC. The molecular formula is C17H13F3N2O3. The van der Waals surface area contributed by atoms with E-state index in [2.05, 4.69) is 5.10 Å². The molecule has 0 fully saturated rings. The van der Waals surface area contributed by atoms with Gasteiger partial charge >= 0.3 is 6.18 Å². The minimum atomic E-state index is -4.62. The molecule has 0 saturated heterocycles. The van der Waals surface area contributed by atoms with Gasteiger partial charge in [-0.3, -0.25) is 4.79 Å². The molecule has 25 heavy (non-hydrogen) atoms. The second-order valence-electron chi connectivity index (χ2n) is 5.14. The van der Waals surface area contributed by atoms with Crippen molar-refractivity contribution in [3.63, 3.8) is 0 Å². The summed E-state index contributed by atoms with van der Waals surface area (Å²) in [4.78, 5) is 12.9. The standard InChI is InChI=1S/C17H13F3N2O3/c1-24-13-8-7-10-9-21-22(16(23)14(10)15(13)25-2)12-6-4-3-5-11(12)17(18,19)20/h3-9H,1-2H3. The number of aromatic nitrogens is 2. The highest BCUT2D eigenvalue weighted by molar-refractivity contribution is 5.89. The van der Waals surface area contributed by atoms with Crippen LogP contribution in [0.4, 0.5) is 13.2 Å². The number of hydrogen-bond donors (Lipinski definition) is 0. The maximum atomic E-state index is 13.3. The van der Waals surface area contributed by atoms with Crippen LogP contribution in [-0.2, 0) is 6.18 Å². The van der Waals surface area contributed by atoms with Crippen molar-refractivity contribution < 1.29 is 22.6 Å². The lowest BCUT2D eigenvalue weighted by molar-refractivity contribution is -0.137. The molecule has 0 aliphatic carbocycles. The van der Waals surface area contributed by atoms with Crippen LogP contribution in [0, 0.1) is 0 Å². The zero-order chi connectivity index (χ0) is 18.2. The molecule has 0 unspecified atom stereocenters. The molecule has 3 aromatic rings. The van der Waals surface area contributed by atoms with Crippen LogP contribution in [-0.4, -0.2) is 24.0 Å². The summed E-state index contributed by atoms with van der Waals surface area (Å²) < 4.78 is 50.9. The smallest absolute Gasteiger partial charge is 0.418 e. The fraction of sp³-hybridized carbons (Fsp3) is 0.176. The van der Waals surface area contributed by atoms with Gasteiger partial charge in [0.1, 0.15) is 0 Å². The van der Waals surface area contributed by atoms with E-state index in [9.17, 15) is 18.0 Å². The molecule has 0 aliphatic rings. The average molecular weight is 350 g/mol. The number of methoxy groups -OCH3 is 2. The largest absolute Gasteiger partial charge is 0.493 e. The van der Waals surface area contributed by atoms with Gasteiger partial charge in [0.05, 0.1) is 37.1 Å². The van der Waals surface area contributed by atoms with Crippen molar-refractivity contribution in [2.75, 3.05) is 14.2 Å². The Morgan fingerprint density at radius 3 is 2.40 bits per heavy atom. The molecule has 130 valence electrons. The van der Waals surface area contributed by atoms with Gasteiger partial charge in [-0.25, -0.2) is 0 Å². The molecule has 0 atom stereocenters. The van der Waals surface area contributed by atoms with Crippen LogP contribution >= 0.6 is 0 Å². The van der Waals surface area contributed by atoms with Crippen LogP contribution in [0.5, 0.6) is 11.5 Å². The molecule has 0 radical (unpaired) electrons. The van der Waals surface area contributed by atoms with Gasteiger partial charge < -0.3 is 9.47 Å². The lowest BCUT2D eigenvalue weighted by atomic mass is 10.1. The van der Waals surface area contributed by atoms with Crippen LogP contribution in [0.3, 0.4) is 0 Å². The summed E-state index contributed by atoms with van der Waals surface area (Å²) in [5.74, 6) is 0.444. The molecule has 8 heteroatoms. The van der Waals surface area contributed by atoms with Crippen LogP contribution in [0.15, 0.2) is 47.4 Å². The Hall–Kier alpha value is -3.03. The van der Waals surface area contributed by atoms with Gasteiger partial charge in [0.2, 0.25) is 0 Å². The van der Waals surface area contributed by atoms with Crippen molar-refractivity contribution >= 4 is 10.8 Å². The number of fused-ring (bicyclic) bond motifs is 1. The molecule has 2 aromatic carbocycles. The van der Waals surface area contributed by atoms with Gasteiger partial charge in [-0.1, -0.05) is 12.1 Å². The topological polar surface area (TPSA) is 53.4 Å². The molecule has 5 nitrogen and oxygen atoms in total. The second-order valence-corrected chi connectivity index (χ2v) is 5.14. The summed E-state index contributed by atoms with van der Waals surface area (Å²) in [6.07, 6.45) is -3.31. The summed E-state index contributed by atoms with van der Waals surface area (Å²) in [6, 6.07) is 7.93. The quantitative estimate of drug-likeness (QED) is 0.726. The highest BCUT2D eigenvalue weighted by Gasteiger charge is 2.34. The summed E-state index contributed by atoms with van der Waals surface area (Å²) in [7, 11) is 2.76. The Morgan fingerprint density at radius 1 is 1.04 bits per heavy atom. The maximum absolute atomic E-state index is 13.3. The van der Waals surface area contributed by atoms with E-state index >= 15 is 0 Å². The predicted octanol–water partition coefficient (Wildman–Crippen LogP) is 3.42. The Bertz CT molecular complexity index is 997. The molecule has 1 aromatic heterocycles. The van der Waals surface area contributed by atoms with Crippen molar-refractivity contribution in [1.82, 2.24) is 9.78 Å². The highest BCUT2D eigenvalue weighted by atomic mass is 19.4. The van der Waals surface area contributed by atoms with Gasteiger partial charge in [-0.2, -0.15) is 23.0 Å². The molecule has 0 aliphatic heterocycles. The van der Waals surface area contributed by atoms with Gasteiger partial charge in [0.25, 0.3) is 5.56 Å². The Labute approximate surface area is 140 Å². The van der Waals surface area contributed by atoms with Crippen molar-refractivity contribution in [3.8, 4) is 17.2 Å². The lowest BCUT2D eigenvalue weighted by Gasteiger charge is -2.15. The number of para-hydroxylation sites is 1. The third kappa shape index (κ3) is 2.79. The fourth-order valence-electron chi connectivity index (χ4n) is 2.62. The molecular weight excluding hydrogens is 337 g/mol. The molecule has 1 heterocycles. The van der Waals surface area contributed by atoms with Crippen LogP contribution in [0.25, 0.3) is 16.5 Å². The number of alkyl halides is 3. The summed E-state index contributed by atoms with van der Waals surface area (Å²) >= 11 is 0. The first-order valence-corrected chi connectivity index (χ1v) is 7.18. The molecule has 0 spiro atoms. The number of ether oxygens (including phenoxy) is 2. The summed E-state index contributed by atoms with van der Waals surface area (Å²) in [6.45, 7) is 0. The van der Waals surface area contributed by atoms with E-state index in [0.29, 0.717) is 15.8 Å². The number of nitrogens with zero attached hydrogens (tertiary/aromatic N) is 2. The van der Waals surface area contributed by atoms with E-state index in [4.69, 9.17) is 9.47 Å². The van der Waals surface area contributed by atoms with E-state index in [0.717, 1.165) is 6.07 Å². The monoisotopic (exact) mass is 350 g/mol. The Kier molecular flexibility index (Phi) is 4.12. The van der Waals surface area contributed by atoms with Gasteiger partial charge in [0, 0.05) is 5.39 Å². The number of halogens is 3. The Balaban J connectivity index is 2.38. The van der Waals surface area contributed by atoms with E-state index in [1.54, 1.807) is 12.1 Å². The fourth-order valence-corrected chi connectivity index (χ4v) is 2.62. The molecule has 0 saturated carbocycles. The molecule has 0 bridgehead atoms. The van der Waals surface area contributed by atoms with Crippen LogP contribution < -0.4 is 15.0 Å². The van der Waals surface area contributed by atoms with Crippen LogP contribution in [0.2, 0.25) is 0 Å². The highest BCUT2D eigenvalue weighted by Crippen LogP contribution is 2.35. The second kappa shape index (κ2) is 6.12. The first kappa shape index (κ1) is 16.8. The van der Waals surface area contributed by atoms with Gasteiger partial charge in [0.15, 0.2) is 11.5 Å². The third-order valence-electron chi connectivity index (χ3n) is 3.73. The maximum Gasteiger partial charge on any atom is 0.418 e. The zero-order valence-electron chi connectivity index (χ0n) is 13.3. The minimum Gasteiger partial charge on any atom is -0.493 e. The normalized spacial score (nSPS) is 11.6. The zero-order valence-corrected chi connectivity index (χ0v) is 13.3. The van der Waals surface area contributed by atoms with Crippen LogP contribution in [0.1, 0.15) is 5.56 Å². The Morgan fingerprint density at radius 2 is 1.76 bits per heavy atom. The van der Waals surface area contributed by atoms with Crippen molar-refractivity contribution in [2.45, 2.75) is 6.18 Å². The molecule has 3 rings (SSSR count). The summed E-state index contributed by atoms with van der Waals surface area (Å²) in [5.41, 5.74) is -2.04. The average Bonchev–Trinajstić information content (AvgIpc) is 2.60. The van der Waals surface area contributed by atoms with Crippen molar-refractivity contribution in [2.24, 2.45) is 0 Å². The molecule has 0 amide bonds. The van der Waals surface area contributed by atoms with Gasteiger partial charge in [-0.05, 0) is 24.3 Å². The molecule has 0 N–H and O–H groups in total. The third-order valence-corrected chi connectivity index (χ3v) is 3.73.